The molecule has 0 spiro atoms. The van der Waals surface area contributed by atoms with Crippen LogP contribution in [0.1, 0.15) is 32.3 Å². The first kappa shape index (κ1) is 15.6. The smallest absolute Gasteiger partial charge is 0.118 e. The van der Waals surface area contributed by atoms with E-state index < -0.39 is 0 Å². The van der Waals surface area contributed by atoms with Gasteiger partial charge in [-0.3, -0.25) is 0 Å². The molecule has 4 heteroatoms. The van der Waals surface area contributed by atoms with E-state index in [0.717, 1.165) is 36.9 Å². The van der Waals surface area contributed by atoms with Crippen molar-refractivity contribution in [3.8, 4) is 0 Å². The fourth-order valence-corrected chi connectivity index (χ4v) is 2.41. The molecule has 0 aromatic carbocycles. The second kappa shape index (κ2) is 7.22. The molecule has 0 bridgehead atoms. The predicted molar refractivity (Wildman–Crippen MR) is 80.0 cm³/mol. The number of furan rings is 1. The highest BCUT2D eigenvalue weighted by molar-refractivity contribution is 8.00. The molecule has 1 heterocycles. The number of thioether (sulfide) groups is 1. The third-order valence-corrected chi connectivity index (χ3v) is 3.58. The Labute approximate surface area is 115 Å². The molecule has 1 aromatic heterocycles. The van der Waals surface area contributed by atoms with E-state index in [-0.39, 0.29) is 0 Å². The maximum Gasteiger partial charge on any atom is 0.118 e. The van der Waals surface area contributed by atoms with E-state index >= 15 is 0 Å². The normalized spacial score (nSPS) is 12.3. The summed E-state index contributed by atoms with van der Waals surface area (Å²) in [5, 5.41) is 3.41. The summed E-state index contributed by atoms with van der Waals surface area (Å²) in [5.41, 5.74) is 0. The summed E-state index contributed by atoms with van der Waals surface area (Å²) < 4.78 is 6.08. The predicted octanol–water partition coefficient (Wildman–Crippen LogP) is 2.96. The highest BCUT2D eigenvalue weighted by atomic mass is 32.2. The van der Waals surface area contributed by atoms with Crippen LogP contribution in [0.4, 0.5) is 0 Å². The molecule has 0 saturated heterocycles. The van der Waals surface area contributed by atoms with Gasteiger partial charge in [0.15, 0.2) is 0 Å². The van der Waals surface area contributed by atoms with Gasteiger partial charge in [-0.2, -0.15) is 11.8 Å². The molecule has 104 valence electrons. The Bertz CT molecular complexity index is 342. The quantitative estimate of drug-likeness (QED) is 0.771. The van der Waals surface area contributed by atoms with Gasteiger partial charge in [0.05, 0.1) is 13.1 Å². The maximum atomic E-state index is 5.73. The molecule has 1 aromatic rings. The van der Waals surface area contributed by atoms with Crippen LogP contribution in [0.15, 0.2) is 16.5 Å². The van der Waals surface area contributed by atoms with Crippen LogP contribution < -0.4 is 5.32 Å². The van der Waals surface area contributed by atoms with E-state index in [1.807, 2.05) is 25.9 Å². The van der Waals surface area contributed by atoms with Gasteiger partial charge in [-0.05, 0) is 26.2 Å². The lowest BCUT2D eigenvalue weighted by Gasteiger charge is -2.17. The van der Waals surface area contributed by atoms with Gasteiger partial charge in [-0.25, -0.2) is 0 Å². The molecule has 0 saturated carbocycles. The molecule has 0 atom stereocenters. The van der Waals surface area contributed by atoms with E-state index in [2.05, 4.69) is 43.1 Å². The summed E-state index contributed by atoms with van der Waals surface area (Å²) in [6, 6.07) is 4.11. The van der Waals surface area contributed by atoms with Crippen LogP contribution in [-0.2, 0) is 13.1 Å². The first-order valence-electron chi connectivity index (χ1n) is 6.44. The average molecular weight is 270 g/mol. The summed E-state index contributed by atoms with van der Waals surface area (Å²) in [6.07, 6.45) is 0. The molecule has 3 nitrogen and oxygen atoms in total. The summed E-state index contributed by atoms with van der Waals surface area (Å²) in [7, 11) is 4.09. The summed E-state index contributed by atoms with van der Waals surface area (Å²) in [5.74, 6) is 3.18. The summed E-state index contributed by atoms with van der Waals surface area (Å²) >= 11 is 1.98. The second-order valence-corrected chi connectivity index (χ2v) is 7.67. The standard InChI is InChI=1S/C14H26N2OS/c1-14(2,3)18-9-8-15-10-12-6-7-13(17-12)11-16(4)5/h6-7,15H,8-11H2,1-5H3. The van der Waals surface area contributed by atoms with Crippen LogP contribution in [0.25, 0.3) is 0 Å². The molecular formula is C14H26N2OS. The van der Waals surface area contributed by atoms with Crippen molar-refractivity contribution in [2.45, 2.75) is 38.6 Å². The van der Waals surface area contributed by atoms with Gasteiger partial charge < -0.3 is 14.6 Å². The third-order valence-electron chi connectivity index (χ3n) is 2.30. The van der Waals surface area contributed by atoms with Crippen LogP contribution >= 0.6 is 11.8 Å². The van der Waals surface area contributed by atoms with Crippen molar-refractivity contribution in [3.63, 3.8) is 0 Å². The van der Waals surface area contributed by atoms with E-state index in [0.29, 0.717) is 4.75 Å². The largest absolute Gasteiger partial charge is 0.463 e. The fourth-order valence-electron chi connectivity index (χ4n) is 1.55. The zero-order valence-corrected chi connectivity index (χ0v) is 13.1. The maximum absolute atomic E-state index is 5.73. The van der Waals surface area contributed by atoms with Gasteiger partial charge in [0, 0.05) is 17.0 Å². The van der Waals surface area contributed by atoms with Crippen molar-refractivity contribution in [2.24, 2.45) is 0 Å². The average Bonchev–Trinajstić information content (AvgIpc) is 2.62. The SMILES string of the molecule is CN(C)Cc1ccc(CNCCSC(C)(C)C)o1. The fraction of sp³-hybridized carbons (Fsp3) is 0.714. The number of hydrogen-bond acceptors (Lipinski definition) is 4. The molecule has 0 amide bonds. The molecule has 18 heavy (non-hydrogen) atoms. The van der Waals surface area contributed by atoms with Crippen LogP contribution in [0.5, 0.6) is 0 Å². The Balaban J connectivity index is 2.17. The lowest BCUT2D eigenvalue weighted by Crippen LogP contribution is -2.19. The van der Waals surface area contributed by atoms with Gasteiger partial charge in [0.2, 0.25) is 0 Å². The third kappa shape index (κ3) is 7.09. The molecule has 1 rings (SSSR count). The van der Waals surface area contributed by atoms with Gasteiger partial charge in [-0.1, -0.05) is 20.8 Å². The molecule has 0 unspecified atom stereocenters. The van der Waals surface area contributed by atoms with E-state index in [4.69, 9.17) is 4.42 Å². The van der Waals surface area contributed by atoms with Gasteiger partial charge in [-0.15, -0.1) is 0 Å². The molecule has 0 radical (unpaired) electrons. The minimum absolute atomic E-state index is 0.352. The van der Waals surface area contributed by atoms with Crippen molar-refractivity contribution in [1.29, 1.82) is 0 Å². The highest BCUT2D eigenvalue weighted by Crippen LogP contribution is 2.22. The molecular weight excluding hydrogens is 244 g/mol. The van der Waals surface area contributed by atoms with Crippen LogP contribution in [0.2, 0.25) is 0 Å². The Morgan fingerprint density at radius 2 is 1.89 bits per heavy atom. The van der Waals surface area contributed by atoms with Gasteiger partial charge in [0.1, 0.15) is 11.5 Å². The first-order chi connectivity index (χ1) is 8.37. The Kier molecular flexibility index (Phi) is 6.26. The molecule has 0 fully saturated rings. The van der Waals surface area contributed by atoms with E-state index in [1.165, 1.54) is 0 Å². The number of nitrogens with one attached hydrogen (secondary N) is 1. The highest BCUT2D eigenvalue weighted by Gasteiger charge is 2.09. The second-order valence-electron chi connectivity index (χ2n) is 5.74. The molecule has 0 aliphatic heterocycles. The number of rotatable bonds is 7. The number of nitrogens with zero attached hydrogens (tertiary/aromatic N) is 1. The van der Waals surface area contributed by atoms with Crippen molar-refractivity contribution in [1.82, 2.24) is 10.2 Å². The van der Waals surface area contributed by atoms with Crippen molar-refractivity contribution in [2.75, 3.05) is 26.4 Å². The minimum atomic E-state index is 0.352. The Hall–Kier alpha value is -0.450. The van der Waals surface area contributed by atoms with E-state index in [9.17, 15) is 0 Å². The zero-order valence-electron chi connectivity index (χ0n) is 12.2. The minimum Gasteiger partial charge on any atom is -0.463 e. The van der Waals surface area contributed by atoms with Gasteiger partial charge >= 0.3 is 0 Å². The lowest BCUT2D eigenvalue weighted by atomic mass is 10.3. The Morgan fingerprint density at radius 3 is 2.50 bits per heavy atom. The van der Waals surface area contributed by atoms with Crippen molar-refractivity contribution < 1.29 is 4.42 Å². The van der Waals surface area contributed by atoms with E-state index in [1.54, 1.807) is 0 Å². The first-order valence-corrected chi connectivity index (χ1v) is 7.42. The zero-order chi connectivity index (χ0) is 13.6. The molecule has 0 aliphatic rings. The van der Waals surface area contributed by atoms with Crippen molar-refractivity contribution in [3.05, 3.63) is 23.7 Å². The van der Waals surface area contributed by atoms with Gasteiger partial charge in [0.25, 0.3) is 0 Å². The molecule has 1 N–H and O–H groups in total. The summed E-state index contributed by atoms with van der Waals surface area (Å²) in [6.45, 7) is 9.44. The Morgan fingerprint density at radius 1 is 1.22 bits per heavy atom. The monoisotopic (exact) mass is 270 g/mol. The topological polar surface area (TPSA) is 28.4 Å². The van der Waals surface area contributed by atoms with Crippen LogP contribution in [0, 0.1) is 0 Å². The van der Waals surface area contributed by atoms with Crippen LogP contribution in [0.3, 0.4) is 0 Å². The van der Waals surface area contributed by atoms with Crippen molar-refractivity contribution >= 4 is 11.8 Å². The number of hydrogen-bond donors (Lipinski definition) is 1. The lowest BCUT2D eigenvalue weighted by molar-refractivity contribution is 0.339. The summed E-state index contributed by atoms with van der Waals surface area (Å²) in [4.78, 5) is 2.11. The molecule has 0 aliphatic carbocycles. The van der Waals surface area contributed by atoms with Crippen LogP contribution in [-0.4, -0.2) is 36.0 Å².